The third kappa shape index (κ3) is 4.17. The molecule has 6 nitrogen and oxygen atoms in total. The van der Waals surface area contributed by atoms with Crippen LogP contribution in [0.5, 0.6) is 5.75 Å². The second kappa shape index (κ2) is 9.27. The lowest BCUT2D eigenvalue weighted by Gasteiger charge is -2.34. The molecule has 1 saturated carbocycles. The second-order valence-electron chi connectivity index (χ2n) is 8.12. The van der Waals surface area contributed by atoms with E-state index in [0.29, 0.717) is 17.7 Å². The minimum atomic E-state index is -0.497. The number of ether oxygens (including phenoxy) is 1. The summed E-state index contributed by atoms with van der Waals surface area (Å²) in [5.74, 6) is 0.422. The second-order valence-corrected chi connectivity index (χ2v) is 8.12. The smallest absolute Gasteiger partial charge is 0.237 e. The maximum Gasteiger partial charge on any atom is 0.237 e. The van der Waals surface area contributed by atoms with Crippen LogP contribution in [0.3, 0.4) is 0 Å². The number of nitriles is 1. The zero-order valence-corrected chi connectivity index (χ0v) is 18.0. The van der Waals surface area contributed by atoms with Crippen molar-refractivity contribution in [2.45, 2.75) is 45.2 Å². The summed E-state index contributed by atoms with van der Waals surface area (Å²) >= 11 is 0. The zero-order valence-electron chi connectivity index (χ0n) is 18.0. The number of hydrogen-bond donors (Lipinski definition) is 2. The molecule has 1 aliphatic carbocycles. The predicted molar refractivity (Wildman–Crippen MR) is 116 cm³/mol. The average molecular weight is 408 g/mol. The molecule has 1 fully saturated rings. The number of fused-ring (bicyclic) bond motifs is 1. The van der Waals surface area contributed by atoms with Gasteiger partial charge in [-0.05, 0) is 56.7 Å². The maximum atomic E-state index is 13.3. The summed E-state index contributed by atoms with van der Waals surface area (Å²) in [4.78, 5) is 25.7. The van der Waals surface area contributed by atoms with Crippen molar-refractivity contribution in [3.05, 3.63) is 41.5 Å². The fourth-order valence-electron chi connectivity index (χ4n) is 4.30. The Morgan fingerprint density at radius 1 is 1.30 bits per heavy atom. The molecule has 0 radical (unpaired) electrons. The highest BCUT2D eigenvalue weighted by Gasteiger charge is 2.38. The van der Waals surface area contributed by atoms with Gasteiger partial charge in [0, 0.05) is 16.9 Å². The number of amides is 1. The van der Waals surface area contributed by atoms with Gasteiger partial charge in [-0.15, -0.1) is 0 Å². The van der Waals surface area contributed by atoms with Crippen LogP contribution in [0.4, 0.5) is 0 Å². The van der Waals surface area contributed by atoms with Crippen LogP contribution >= 0.6 is 0 Å². The summed E-state index contributed by atoms with van der Waals surface area (Å²) in [5, 5.41) is 17.3. The molecule has 2 aromatic rings. The predicted octanol–water partition coefficient (Wildman–Crippen LogP) is 2.97. The van der Waals surface area contributed by atoms with Gasteiger partial charge in [-0.25, -0.2) is 0 Å². The fourth-order valence-corrected chi connectivity index (χ4v) is 4.30. The molecule has 30 heavy (non-hydrogen) atoms. The van der Waals surface area contributed by atoms with Crippen LogP contribution in [0.15, 0.2) is 30.3 Å². The van der Waals surface area contributed by atoms with Gasteiger partial charge in [0.25, 0.3) is 0 Å². The molecule has 1 unspecified atom stereocenters. The Labute approximate surface area is 177 Å². The SMILES string of the molecule is CN[C@@H](C)C(=O)N[C@@H]1C(=O)C(Cc2c(OC)ccc3cccc(C#N)c23)CC[C@@H]1C. The number of nitrogens with one attached hydrogen (secondary N) is 2. The van der Waals surface area contributed by atoms with E-state index >= 15 is 0 Å². The van der Waals surface area contributed by atoms with Crippen molar-refractivity contribution < 1.29 is 14.3 Å². The lowest BCUT2D eigenvalue weighted by atomic mass is 9.75. The van der Waals surface area contributed by atoms with E-state index in [1.807, 2.05) is 31.2 Å². The molecule has 1 amide bonds. The lowest BCUT2D eigenvalue weighted by Crippen LogP contribution is -2.54. The van der Waals surface area contributed by atoms with E-state index in [0.717, 1.165) is 29.2 Å². The van der Waals surface area contributed by atoms with E-state index in [1.165, 1.54) is 0 Å². The number of methoxy groups -OCH3 is 1. The molecule has 0 bridgehead atoms. The largest absolute Gasteiger partial charge is 0.496 e. The minimum Gasteiger partial charge on any atom is -0.496 e. The van der Waals surface area contributed by atoms with Crippen molar-refractivity contribution in [3.63, 3.8) is 0 Å². The molecule has 6 heteroatoms. The number of Topliss-reactive ketones (excluding diaryl/α,β-unsaturated/α-hetero) is 1. The van der Waals surface area contributed by atoms with E-state index in [1.54, 1.807) is 27.1 Å². The van der Waals surface area contributed by atoms with Crippen LogP contribution in [0.2, 0.25) is 0 Å². The van der Waals surface area contributed by atoms with Crippen molar-refractivity contribution in [3.8, 4) is 11.8 Å². The average Bonchev–Trinajstić information content (AvgIpc) is 2.77. The van der Waals surface area contributed by atoms with Crippen molar-refractivity contribution in [2.75, 3.05) is 14.2 Å². The highest BCUT2D eigenvalue weighted by molar-refractivity contribution is 5.95. The minimum absolute atomic E-state index is 0.0545. The van der Waals surface area contributed by atoms with E-state index < -0.39 is 6.04 Å². The van der Waals surface area contributed by atoms with Crippen molar-refractivity contribution in [1.29, 1.82) is 5.26 Å². The Kier molecular flexibility index (Phi) is 6.73. The van der Waals surface area contributed by atoms with Gasteiger partial charge in [-0.2, -0.15) is 5.26 Å². The molecule has 2 aromatic carbocycles. The summed E-state index contributed by atoms with van der Waals surface area (Å²) in [7, 11) is 3.32. The number of carbonyl (C=O) groups is 2. The van der Waals surface area contributed by atoms with Gasteiger partial charge in [-0.1, -0.05) is 25.1 Å². The molecule has 158 valence electrons. The summed E-state index contributed by atoms with van der Waals surface area (Å²) in [5.41, 5.74) is 1.46. The summed E-state index contributed by atoms with van der Waals surface area (Å²) in [6.07, 6.45) is 2.09. The van der Waals surface area contributed by atoms with Gasteiger partial charge in [-0.3, -0.25) is 9.59 Å². The standard InChI is InChI=1S/C24H29N3O3/c1-14-8-9-17(23(28)22(14)27-24(29)15(2)26-3)12-19-20(30-4)11-10-16-6-5-7-18(13-25)21(16)19/h5-7,10-11,14-15,17,22,26H,8-9,12H2,1-4H3,(H,27,29)/t14-,15-,17?,22-/m0/s1. The number of carbonyl (C=O) groups excluding carboxylic acids is 2. The first-order valence-corrected chi connectivity index (χ1v) is 10.4. The number of ketones is 1. The molecule has 0 aliphatic heterocycles. The number of benzene rings is 2. The molecular weight excluding hydrogens is 378 g/mol. The lowest BCUT2D eigenvalue weighted by molar-refractivity contribution is -0.134. The summed E-state index contributed by atoms with van der Waals surface area (Å²) in [6.45, 7) is 3.78. The van der Waals surface area contributed by atoms with Crippen molar-refractivity contribution >= 4 is 22.5 Å². The third-order valence-electron chi connectivity index (χ3n) is 6.27. The van der Waals surface area contributed by atoms with Crippen LogP contribution in [0, 0.1) is 23.2 Å². The van der Waals surface area contributed by atoms with Gasteiger partial charge >= 0.3 is 0 Å². The first-order chi connectivity index (χ1) is 14.4. The molecule has 4 atom stereocenters. The van der Waals surface area contributed by atoms with E-state index in [-0.39, 0.29) is 29.6 Å². The molecular formula is C24H29N3O3. The molecule has 1 aliphatic rings. The highest BCUT2D eigenvalue weighted by Crippen LogP contribution is 2.36. The monoisotopic (exact) mass is 407 g/mol. The first kappa shape index (κ1) is 21.8. The molecule has 0 saturated heterocycles. The van der Waals surface area contributed by atoms with Crippen LogP contribution in [-0.2, 0) is 16.0 Å². The first-order valence-electron chi connectivity index (χ1n) is 10.4. The Balaban J connectivity index is 1.94. The number of hydrogen-bond acceptors (Lipinski definition) is 5. The quantitative estimate of drug-likeness (QED) is 0.768. The van der Waals surface area contributed by atoms with Gasteiger partial charge < -0.3 is 15.4 Å². The molecule has 0 heterocycles. The van der Waals surface area contributed by atoms with Crippen LogP contribution in [0.25, 0.3) is 10.8 Å². The van der Waals surface area contributed by atoms with Gasteiger partial charge in [0.15, 0.2) is 5.78 Å². The van der Waals surface area contributed by atoms with E-state index in [4.69, 9.17) is 4.74 Å². The van der Waals surface area contributed by atoms with Crippen molar-refractivity contribution in [2.24, 2.45) is 11.8 Å². The molecule has 0 spiro atoms. The summed E-state index contributed by atoms with van der Waals surface area (Å²) in [6, 6.07) is 10.9. The Bertz CT molecular complexity index is 995. The summed E-state index contributed by atoms with van der Waals surface area (Å²) < 4.78 is 5.59. The normalized spacial score (nSPS) is 22.4. The van der Waals surface area contributed by atoms with Gasteiger partial charge in [0.1, 0.15) is 5.75 Å². The van der Waals surface area contributed by atoms with Crippen LogP contribution < -0.4 is 15.4 Å². The van der Waals surface area contributed by atoms with Gasteiger partial charge in [0.2, 0.25) is 5.91 Å². The van der Waals surface area contributed by atoms with Crippen molar-refractivity contribution in [1.82, 2.24) is 10.6 Å². The Morgan fingerprint density at radius 3 is 2.73 bits per heavy atom. The third-order valence-corrected chi connectivity index (χ3v) is 6.27. The van der Waals surface area contributed by atoms with Gasteiger partial charge in [0.05, 0.1) is 30.8 Å². The number of likely N-dealkylation sites (N-methyl/N-ethyl adjacent to an activating group) is 1. The number of rotatable bonds is 6. The molecule has 3 rings (SSSR count). The van der Waals surface area contributed by atoms with Crippen LogP contribution in [0.1, 0.15) is 37.8 Å². The Morgan fingerprint density at radius 2 is 2.07 bits per heavy atom. The Hall–Kier alpha value is -2.91. The highest BCUT2D eigenvalue weighted by atomic mass is 16.5. The zero-order chi connectivity index (χ0) is 21.8. The van der Waals surface area contributed by atoms with E-state index in [2.05, 4.69) is 16.7 Å². The van der Waals surface area contributed by atoms with E-state index in [9.17, 15) is 14.9 Å². The molecule has 0 aromatic heterocycles. The number of nitrogens with zero attached hydrogens (tertiary/aromatic N) is 1. The van der Waals surface area contributed by atoms with Crippen LogP contribution in [-0.4, -0.2) is 37.9 Å². The fraction of sp³-hybridized carbons (Fsp3) is 0.458. The molecule has 2 N–H and O–H groups in total. The maximum absolute atomic E-state index is 13.3. The topological polar surface area (TPSA) is 91.2 Å².